The minimum Gasteiger partial charge on any atom is -0.462 e. The largest absolute Gasteiger partial charge is 0.462 e. The van der Waals surface area contributed by atoms with Crippen LogP contribution >= 0.6 is 0 Å². The van der Waals surface area contributed by atoms with E-state index in [2.05, 4.69) is 19.6 Å². The minimum absolute atomic E-state index is 0.0175. The van der Waals surface area contributed by atoms with Crippen molar-refractivity contribution in [2.45, 2.75) is 32.6 Å². The highest BCUT2D eigenvalue weighted by Gasteiger charge is 2.17. The fraction of sp³-hybridized carbons (Fsp3) is 0.462. The van der Waals surface area contributed by atoms with Gasteiger partial charge in [-0.3, -0.25) is 10.1 Å². The normalized spacial score (nSPS) is 11.2. The molecule has 0 amide bonds. The lowest BCUT2D eigenvalue weighted by Gasteiger charge is -2.15. The van der Waals surface area contributed by atoms with E-state index in [9.17, 15) is 14.9 Å². The maximum absolute atomic E-state index is 11.9. The van der Waals surface area contributed by atoms with Crippen LogP contribution in [0.15, 0.2) is 18.2 Å². The first-order valence-corrected chi connectivity index (χ1v) is 9.83. The van der Waals surface area contributed by atoms with Crippen LogP contribution in [0.5, 0.6) is 0 Å². The van der Waals surface area contributed by atoms with Crippen molar-refractivity contribution in [3.05, 3.63) is 39.4 Å². The summed E-state index contributed by atoms with van der Waals surface area (Å²) in [7, 11) is -1.23. The van der Waals surface area contributed by atoms with Gasteiger partial charge >= 0.3 is 5.97 Å². The summed E-state index contributed by atoms with van der Waals surface area (Å²) in [5.41, 5.74) is 0.935. The number of esters is 1. The number of nitro benzene ring substituents is 1. The fourth-order valence-electron chi connectivity index (χ4n) is 1.52. The average molecular weight is 281 g/mol. The molecule has 0 aliphatic rings. The van der Waals surface area contributed by atoms with Gasteiger partial charge in [0.05, 0.1) is 17.1 Å². The second-order valence-electron chi connectivity index (χ2n) is 5.70. The lowest BCUT2D eigenvalue weighted by atomic mass is 10.1. The molecule has 0 spiro atoms. The molecule has 0 atom stereocenters. The molecule has 19 heavy (non-hydrogen) atoms. The molecule has 5 nitrogen and oxygen atoms in total. The highest BCUT2D eigenvalue weighted by Crippen LogP contribution is 2.18. The number of hydrogen-bond donors (Lipinski definition) is 0. The van der Waals surface area contributed by atoms with Crippen molar-refractivity contribution in [1.29, 1.82) is 0 Å². The molecular formula is C13H19NO4Si. The Morgan fingerprint density at radius 1 is 1.37 bits per heavy atom. The predicted octanol–water partition coefficient (Wildman–Crippen LogP) is 3.40. The van der Waals surface area contributed by atoms with Gasteiger partial charge in [0, 0.05) is 20.2 Å². The van der Waals surface area contributed by atoms with Gasteiger partial charge in [-0.2, -0.15) is 0 Å². The number of benzene rings is 1. The molecule has 1 rings (SSSR count). The zero-order valence-corrected chi connectivity index (χ0v) is 12.7. The van der Waals surface area contributed by atoms with E-state index in [4.69, 9.17) is 4.74 Å². The lowest BCUT2D eigenvalue weighted by molar-refractivity contribution is -0.384. The minimum atomic E-state index is -1.23. The first kappa shape index (κ1) is 15.4. The highest BCUT2D eigenvalue weighted by atomic mass is 28.3. The second kappa shape index (κ2) is 5.97. The predicted molar refractivity (Wildman–Crippen MR) is 76.3 cm³/mol. The number of nitrogens with zero attached hydrogens (tertiary/aromatic N) is 1. The van der Waals surface area contributed by atoms with Gasteiger partial charge in [0.2, 0.25) is 0 Å². The van der Waals surface area contributed by atoms with E-state index >= 15 is 0 Å². The van der Waals surface area contributed by atoms with Gasteiger partial charge in [0.15, 0.2) is 0 Å². The molecule has 0 bridgehead atoms. The second-order valence-corrected chi connectivity index (χ2v) is 11.3. The van der Waals surface area contributed by atoms with E-state index in [0.29, 0.717) is 17.7 Å². The lowest BCUT2D eigenvalue weighted by Crippen LogP contribution is -2.22. The van der Waals surface area contributed by atoms with Crippen LogP contribution in [0.3, 0.4) is 0 Å². The van der Waals surface area contributed by atoms with E-state index < -0.39 is 19.0 Å². The summed E-state index contributed by atoms with van der Waals surface area (Å²) in [6.07, 6.45) is 0. The van der Waals surface area contributed by atoms with Crippen LogP contribution in [-0.4, -0.2) is 25.6 Å². The first-order valence-electron chi connectivity index (χ1n) is 6.13. The molecule has 0 radical (unpaired) electrons. The van der Waals surface area contributed by atoms with Crippen LogP contribution in [0.2, 0.25) is 25.7 Å². The van der Waals surface area contributed by atoms with Crippen LogP contribution in [0.4, 0.5) is 5.69 Å². The molecule has 6 heteroatoms. The molecule has 1 aromatic carbocycles. The molecule has 0 N–H and O–H groups in total. The van der Waals surface area contributed by atoms with E-state index in [-0.39, 0.29) is 5.69 Å². The van der Waals surface area contributed by atoms with Crippen molar-refractivity contribution in [3.63, 3.8) is 0 Å². The van der Waals surface area contributed by atoms with E-state index in [0.717, 1.165) is 6.04 Å². The number of aryl methyl sites for hydroxylation is 1. The van der Waals surface area contributed by atoms with Crippen molar-refractivity contribution in [2.24, 2.45) is 0 Å². The van der Waals surface area contributed by atoms with Crippen LogP contribution < -0.4 is 0 Å². The van der Waals surface area contributed by atoms with Crippen LogP contribution in [0.1, 0.15) is 15.9 Å². The topological polar surface area (TPSA) is 69.4 Å². The number of non-ortho nitro benzene ring substituents is 1. The van der Waals surface area contributed by atoms with Crippen LogP contribution in [0, 0.1) is 17.0 Å². The monoisotopic (exact) mass is 281 g/mol. The molecular weight excluding hydrogens is 262 g/mol. The number of rotatable bonds is 5. The molecule has 0 aliphatic carbocycles. The third-order valence-electron chi connectivity index (χ3n) is 2.73. The Hall–Kier alpha value is -1.69. The summed E-state index contributed by atoms with van der Waals surface area (Å²) in [4.78, 5) is 22.0. The van der Waals surface area contributed by atoms with Crippen LogP contribution in [0.25, 0.3) is 0 Å². The first-order chi connectivity index (χ1) is 8.70. The molecule has 0 saturated carbocycles. The summed E-state index contributed by atoms with van der Waals surface area (Å²) in [6.45, 7) is 8.70. The van der Waals surface area contributed by atoms with Crippen molar-refractivity contribution < 1.29 is 14.5 Å². The van der Waals surface area contributed by atoms with Gasteiger partial charge in [0.25, 0.3) is 5.69 Å². The highest BCUT2D eigenvalue weighted by molar-refractivity contribution is 6.76. The summed E-state index contributed by atoms with van der Waals surface area (Å²) in [5.74, 6) is -0.411. The third kappa shape index (κ3) is 4.82. The standard InChI is InChI=1S/C13H19NO4Si/c1-10-9-11(14(16)17)5-6-12(10)13(15)18-7-8-19(2,3)4/h5-6,9H,7-8H2,1-4H3. The Labute approximate surface area is 113 Å². The van der Waals surface area contributed by atoms with Crippen molar-refractivity contribution in [1.82, 2.24) is 0 Å². The van der Waals surface area contributed by atoms with Crippen LogP contribution in [-0.2, 0) is 4.74 Å². The SMILES string of the molecule is Cc1cc([N+](=O)[O-])ccc1C(=O)OCC[Si](C)(C)C. The molecule has 104 valence electrons. The van der Waals surface area contributed by atoms with Crippen molar-refractivity contribution in [2.75, 3.05) is 6.61 Å². The van der Waals surface area contributed by atoms with Gasteiger partial charge < -0.3 is 4.74 Å². The summed E-state index contributed by atoms with van der Waals surface area (Å²) < 4.78 is 5.21. The Bertz CT molecular complexity index is 494. The summed E-state index contributed by atoms with van der Waals surface area (Å²) in [5, 5.41) is 10.6. The Balaban J connectivity index is 2.70. The van der Waals surface area contributed by atoms with E-state index in [1.807, 2.05) is 0 Å². The van der Waals surface area contributed by atoms with E-state index in [1.165, 1.54) is 18.2 Å². The molecule has 0 heterocycles. The molecule has 0 saturated heterocycles. The maximum atomic E-state index is 11.9. The van der Waals surface area contributed by atoms with Crippen molar-refractivity contribution in [3.8, 4) is 0 Å². The zero-order valence-electron chi connectivity index (χ0n) is 11.7. The van der Waals surface area contributed by atoms with E-state index in [1.54, 1.807) is 6.92 Å². The Morgan fingerprint density at radius 3 is 2.47 bits per heavy atom. The number of carbonyl (C=O) groups excluding carboxylic acids is 1. The van der Waals surface area contributed by atoms with Crippen molar-refractivity contribution >= 4 is 19.7 Å². The summed E-state index contributed by atoms with van der Waals surface area (Å²) in [6, 6.07) is 5.06. The molecule has 0 aromatic heterocycles. The van der Waals surface area contributed by atoms with Gasteiger partial charge in [0.1, 0.15) is 0 Å². The smallest absolute Gasteiger partial charge is 0.338 e. The van der Waals surface area contributed by atoms with Gasteiger partial charge in [-0.15, -0.1) is 0 Å². The number of nitro groups is 1. The summed E-state index contributed by atoms with van der Waals surface area (Å²) >= 11 is 0. The quantitative estimate of drug-likeness (QED) is 0.359. The maximum Gasteiger partial charge on any atom is 0.338 e. The fourth-order valence-corrected chi connectivity index (χ4v) is 2.23. The molecule has 0 unspecified atom stereocenters. The molecule has 0 aliphatic heterocycles. The Kier molecular flexibility index (Phi) is 4.82. The van der Waals surface area contributed by atoms with Gasteiger partial charge in [-0.1, -0.05) is 19.6 Å². The number of carbonyl (C=O) groups is 1. The molecule has 1 aromatic rings. The average Bonchev–Trinajstić information content (AvgIpc) is 2.26. The molecule has 0 fully saturated rings. The third-order valence-corrected chi connectivity index (χ3v) is 4.43. The Morgan fingerprint density at radius 2 is 2.00 bits per heavy atom. The van der Waals surface area contributed by atoms with Gasteiger partial charge in [-0.05, 0) is 24.6 Å². The zero-order chi connectivity index (χ0) is 14.6. The number of ether oxygens (including phenoxy) is 1. The van der Waals surface area contributed by atoms with Gasteiger partial charge in [-0.25, -0.2) is 4.79 Å². The number of hydrogen-bond acceptors (Lipinski definition) is 4.